The van der Waals surface area contributed by atoms with Gasteiger partial charge in [-0.1, -0.05) is 27.5 Å². The predicted molar refractivity (Wildman–Crippen MR) is 98.7 cm³/mol. The summed E-state index contributed by atoms with van der Waals surface area (Å²) in [6.45, 7) is 4.02. The smallest absolute Gasteiger partial charge is 0.243 e. The molecule has 0 saturated carbocycles. The Balaban J connectivity index is 2.04. The van der Waals surface area contributed by atoms with Crippen LogP contribution in [0.4, 0.5) is 11.4 Å². The van der Waals surface area contributed by atoms with Crippen LogP contribution in [0.2, 0.25) is 5.02 Å². The maximum atomic E-state index is 12.2. The van der Waals surface area contributed by atoms with Gasteiger partial charge in [0.25, 0.3) is 0 Å². The predicted octanol–water partition coefficient (Wildman–Crippen LogP) is 4.78. The maximum absolute atomic E-state index is 12.2. The van der Waals surface area contributed by atoms with Crippen molar-refractivity contribution in [2.45, 2.75) is 13.8 Å². The highest BCUT2D eigenvalue weighted by Crippen LogP contribution is 2.30. The van der Waals surface area contributed by atoms with Crippen LogP contribution in [0.3, 0.4) is 0 Å². The van der Waals surface area contributed by atoms with Gasteiger partial charge in [0, 0.05) is 21.2 Å². The summed E-state index contributed by atoms with van der Waals surface area (Å²) >= 11 is 9.48. The lowest BCUT2D eigenvalue weighted by atomic mass is 10.2. The number of benzene rings is 2. The van der Waals surface area contributed by atoms with Crippen LogP contribution in [-0.4, -0.2) is 19.6 Å². The Morgan fingerprint density at radius 2 is 1.91 bits per heavy atom. The fraction of sp³-hybridized carbons (Fsp3) is 0.235. The summed E-state index contributed by atoms with van der Waals surface area (Å²) in [5.41, 5.74) is 3.46. The number of carbonyl (C=O) groups excluding carboxylic acids is 1. The number of halogens is 2. The third kappa shape index (κ3) is 4.62. The van der Waals surface area contributed by atoms with Gasteiger partial charge in [0.15, 0.2) is 0 Å². The highest BCUT2D eigenvalue weighted by molar-refractivity contribution is 9.10. The van der Waals surface area contributed by atoms with Gasteiger partial charge in [-0.05, 0) is 49.2 Å². The first kappa shape index (κ1) is 17.6. The van der Waals surface area contributed by atoms with Crippen LogP contribution in [0.1, 0.15) is 11.1 Å². The Kier molecular flexibility index (Phi) is 5.91. The van der Waals surface area contributed by atoms with Crippen molar-refractivity contribution in [1.29, 1.82) is 0 Å². The summed E-state index contributed by atoms with van der Waals surface area (Å²) in [5.74, 6) is 0.376. The zero-order chi connectivity index (χ0) is 17.0. The second kappa shape index (κ2) is 7.70. The summed E-state index contributed by atoms with van der Waals surface area (Å²) in [7, 11) is 1.54. The summed E-state index contributed by atoms with van der Waals surface area (Å²) in [6, 6.07) is 9.34. The first-order valence-electron chi connectivity index (χ1n) is 7.04. The maximum Gasteiger partial charge on any atom is 0.243 e. The molecule has 0 radical (unpaired) electrons. The molecule has 122 valence electrons. The number of ether oxygens (including phenoxy) is 1. The summed E-state index contributed by atoms with van der Waals surface area (Å²) in [6.07, 6.45) is 0. The van der Waals surface area contributed by atoms with Gasteiger partial charge >= 0.3 is 0 Å². The molecule has 2 N–H and O–H groups in total. The molecule has 0 saturated heterocycles. The van der Waals surface area contributed by atoms with Gasteiger partial charge in [-0.3, -0.25) is 4.79 Å². The molecular formula is C17H18BrClN2O2. The third-order valence-electron chi connectivity index (χ3n) is 3.38. The lowest BCUT2D eigenvalue weighted by molar-refractivity contribution is -0.114. The Labute approximate surface area is 149 Å². The fourth-order valence-electron chi connectivity index (χ4n) is 2.13. The minimum absolute atomic E-state index is 0.160. The van der Waals surface area contributed by atoms with E-state index >= 15 is 0 Å². The molecule has 0 bridgehead atoms. The van der Waals surface area contributed by atoms with E-state index in [1.54, 1.807) is 19.2 Å². The monoisotopic (exact) mass is 396 g/mol. The van der Waals surface area contributed by atoms with Crippen molar-refractivity contribution in [2.24, 2.45) is 0 Å². The molecule has 0 aromatic heterocycles. The Morgan fingerprint density at radius 1 is 1.17 bits per heavy atom. The van der Waals surface area contributed by atoms with Crippen molar-refractivity contribution in [3.8, 4) is 5.75 Å². The number of amides is 1. The molecule has 6 heteroatoms. The Bertz CT molecular complexity index is 735. The van der Waals surface area contributed by atoms with E-state index in [9.17, 15) is 4.79 Å². The van der Waals surface area contributed by atoms with Crippen LogP contribution in [0.15, 0.2) is 34.8 Å². The Hall–Kier alpha value is -1.72. The SMILES string of the molecule is COc1cc(Cl)c(C)cc1NC(=O)CNc1ccc(Br)cc1C. The molecule has 0 unspecified atom stereocenters. The fourth-order valence-corrected chi connectivity index (χ4v) is 2.75. The number of carbonyl (C=O) groups is 1. The van der Waals surface area contributed by atoms with Crippen molar-refractivity contribution in [1.82, 2.24) is 0 Å². The molecule has 0 aliphatic rings. The van der Waals surface area contributed by atoms with Gasteiger partial charge in [0.05, 0.1) is 19.3 Å². The van der Waals surface area contributed by atoms with Gasteiger partial charge in [-0.2, -0.15) is 0 Å². The molecule has 0 fully saturated rings. The molecule has 1 amide bonds. The van der Waals surface area contributed by atoms with E-state index in [1.165, 1.54) is 0 Å². The standard InChI is InChI=1S/C17H18BrClN2O2/c1-10-7-15(16(23-3)8-13(10)19)21-17(22)9-20-14-5-4-12(18)6-11(14)2/h4-8,20H,9H2,1-3H3,(H,21,22). The second-order valence-electron chi connectivity index (χ2n) is 5.16. The zero-order valence-electron chi connectivity index (χ0n) is 13.2. The largest absolute Gasteiger partial charge is 0.495 e. The molecule has 0 aliphatic carbocycles. The summed E-state index contributed by atoms with van der Waals surface area (Å²) in [5, 5.41) is 6.56. The van der Waals surface area contributed by atoms with Crippen LogP contribution >= 0.6 is 27.5 Å². The number of hydrogen-bond donors (Lipinski definition) is 2. The van der Waals surface area contributed by atoms with Gasteiger partial charge in [-0.25, -0.2) is 0 Å². The van der Waals surface area contributed by atoms with E-state index in [1.807, 2.05) is 32.0 Å². The molecule has 2 aromatic carbocycles. The minimum atomic E-state index is -0.160. The molecule has 0 atom stereocenters. The first-order valence-corrected chi connectivity index (χ1v) is 8.22. The lowest BCUT2D eigenvalue weighted by Crippen LogP contribution is -2.22. The quantitative estimate of drug-likeness (QED) is 0.763. The number of nitrogens with one attached hydrogen (secondary N) is 2. The molecule has 0 heterocycles. The van der Waals surface area contributed by atoms with E-state index in [0.717, 1.165) is 21.3 Å². The van der Waals surface area contributed by atoms with Gasteiger partial charge in [0.1, 0.15) is 5.75 Å². The van der Waals surface area contributed by atoms with Crippen molar-refractivity contribution >= 4 is 44.8 Å². The van der Waals surface area contributed by atoms with Crippen molar-refractivity contribution < 1.29 is 9.53 Å². The normalized spacial score (nSPS) is 10.3. The Morgan fingerprint density at radius 3 is 2.57 bits per heavy atom. The highest BCUT2D eigenvalue weighted by atomic mass is 79.9. The number of aryl methyl sites for hydroxylation is 2. The average molecular weight is 398 g/mol. The summed E-state index contributed by atoms with van der Waals surface area (Å²) in [4.78, 5) is 12.2. The van der Waals surface area contributed by atoms with Crippen LogP contribution in [0.5, 0.6) is 5.75 Å². The molecule has 2 rings (SSSR count). The van der Waals surface area contributed by atoms with Crippen molar-refractivity contribution in [2.75, 3.05) is 24.3 Å². The van der Waals surface area contributed by atoms with E-state index in [2.05, 4.69) is 26.6 Å². The van der Waals surface area contributed by atoms with Crippen LogP contribution in [0.25, 0.3) is 0 Å². The first-order chi connectivity index (χ1) is 10.9. The average Bonchev–Trinajstić information content (AvgIpc) is 2.49. The van der Waals surface area contributed by atoms with Crippen LogP contribution < -0.4 is 15.4 Å². The topological polar surface area (TPSA) is 50.4 Å². The number of rotatable bonds is 5. The molecule has 0 aliphatic heterocycles. The van der Waals surface area contributed by atoms with E-state index in [4.69, 9.17) is 16.3 Å². The van der Waals surface area contributed by atoms with Crippen LogP contribution in [-0.2, 0) is 4.79 Å². The van der Waals surface area contributed by atoms with E-state index in [-0.39, 0.29) is 12.5 Å². The number of anilines is 2. The van der Waals surface area contributed by atoms with E-state index in [0.29, 0.717) is 16.5 Å². The minimum Gasteiger partial charge on any atom is -0.495 e. The van der Waals surface area contributed by atoms with Crippen molar-refractivity contribution in [3.63, 3.8) is 0 Å². The van der Waals surface area contributed by atoms with E-state index < -0.39 is 0 Å². The molecule has 23 heavy (non-hydrogen) atoms. The number of methoxy groups -OCH3 is 1. The molecule has 4 nitrogen and oxygen atoms in total. The zero-order valence-corrected chi connectivity index (χ0v) is 15.5. The summed E-state index contributed by atoms with van der Waals surface area (Å²) < 4.78 is 6.26. The molecular weight excluding hydrogens is 380 g/mol. The second-order valence-corrected chi connectivity index (χ2v) is 6.49. The highest BCUT2D eigenvalue weighted by Gasteiger charge is 2.10. The van der Waals surface area contributed by atoms with Gasteiger partial charge < -0.3 is 15.4 Å². The van der Waals surface area contributed by atoms with Crippen molar-refractivity contribution in [3.05, 3.63) is 51.0 Å². The van der Waals surface area contributed by atoms with Gasteiger partial charge in [-0.15, -0.1) is 0 Å². The molecule has 0 spiro atoms. The molecule has 2 aromatic rings. The lowest BCUT2D eigenvalue weighted by Gasteiger charge is -2.13. The number of hydrogen-bond acceptors (Lipinski definition) is 3. The van der Waals surface area contributed by atoms with Gasteiger partial charge in [0.2, 0.25) is 5.91 Å². The third-order valence-corrected chi connectivity index (χ3v) is 4.28. The van der Waals surface area contributed by atoms with Crippen LogP contribution in [0, 0.1) is 13.8 Å².